The van der Waals surface area contributed by atoms with Gasteiger partial charge < -0.3 is 19.5 Å². The first-order valence-corrected chi connectivity index (χ1v) is 8.71. The van der Waals surface area contributed by atoms with E-state index in [1.54, 1.807) is 27.7 Å². The first-order chi connectivity index (χ1) is 12.8. The first-order valence-electron chi connectivity index (χ1n) is 8.71. The van der Waals surface area contributed by atoms with Crippen LogP contribution in [0.25, 0.3) is 0 Å². The first kappa shape index (κ1) is 23.6. The van der Waals surface area contributed by atoms with Gasteiger partial charge in [-0.1, -0.05) is 19.1 Å². The van der Waals surface area contributed by atoms with Gasteiger partial charge in [-0.2, -0.15) is 13.2 Å². The van der Waals surface area contributed by atoms with Crippen LogP contribution in [-0.2, 0) is 27.0 Å². The summed E-state index contributed by atoms with van der Waals surface area (Å²) in [5, 5.41) is 2.42. The highest BCUT2D eigenvalue weighted by atomic mass is 19.4. The van der Waals surface area contributed by atoms with Gasteiger partial charge in [0.05, 0.1) is 25.2 Å². The number of methoxy groups -OCH3 is 1. The number of esters is 1. The molecule has 1 aromatic rings. The van der Waals surface area contributed by atoms with Crippen molar-refractivity contribution < 1.29 is 37.0 Å². The highest BCUT2D eigenvalue weighted by Gasteiger charge is 2.35. The number of alkyl carbamates (subject to hydrolysis) is 1. The van der Waals surface area contributed by atoms with Gasteiger partial charge in [0.1, 0.15) is 11.4 Å². The fraction of sp³-hybridized carbons (Fsp3) is 0.579. The number of ether oxygens (including phenoxy) is 3. The monoisotopic (exact) mass is 405 g/mol. The molecule has 6 nitrogen and oxygen atoms in total. The molecule has 28 heavy (non-hydrogen) atoms. The van der Waals surface area contributed by atoms with Crippen molar-refractivity contribution in [1.29, 1.82) is 0 Å². The molecule has 1 amide bonds. The van der Waals surface area contributed by atoms with Crippen molar-refractivity contribution in [2.24, 2.45) is 5.92 Å². The standard InChI is InChI=1S/C19H26F3NO5/c1-12(16(24)26-5)9-10-27-15-13(7-6-8-14(15)19(20,21)22)11-23-17(25)28-18(2,3)4/h6-8,12H,9-11H2,1-5H3,(H,23,25). The number of benzene rings is 1. The molecule has 1 rings (SSSR count). The van der Waals surface area contributed by atoms with E-state index < -0.39 is 35.3 Å². The van der Waals surface area contributed by atoms with Crippen molar-refractivity contribution >= 4 is 12.1 Å². The lowest BCUT2D eigenvalue weighted by atomic mass is 10.1. The average molecular weight is 405 g/mol. The summed E-state index contributed by atoms with van der Waals surface area (Å²) in [4.78, 5) is 23.2. The number of hydrogen-bond acceptors (Lipinski definition) is 5. The quantitative estimate of drug-likeness (QED) is 0.685. The molecule has 0 heterocycles. The van der Waals surface area contributed by atoms with Crippen molar-refractivity contribution in [2.45, 2.75) is 52.4 Å². The van der Waals surface area contributed by atoms with E-state index in [4.69, 9.17) is 9.47 Å². The second-order valence-corrected chi connectivity index (χ2v) is 7.21. The number of hydrogen-bond donors (Lipinski definition) is 1. The Bertz CT molecular complexity index is 683. The molecule has 0 saturated carbocycles. The Balaban J connectivity index is 2.94. The number of carbonyl (C=O) groups excluding carboxylic acids is 2. The van der Waals surface area contributed by atoms with Crippen LogP contribution in [0.4, 0.5) is 18.0 Å². The lowest BCUT2D eigenvalue weighted by Crippen LogP contribution is -2.32. The molecule has 0 aliphatic rings. The number of alkyl halides is 3. The van der Waals surface area contributed by atoms with Crippen LogP contribution in [0.3, 0.4) is 0 Å². The van der Waals surface area contributed by atoms with Crippen LogP contribution in [0, 0.1) is 5.92 Å². The van der Waals surface area contributed by atoms with Gasteiger partial charge >= 0.3 is 18.2 Å². The summed E-state index contributed by atoms with van der Waals surface area (Å²) < 4.78 is 55.1. The zero-order valence-electron chi connectivity index (χ0n) is 16.6. The van der Waals surface area contributed by atoms with Crippen LogP contribution < -0.4 is 10.1 Å². The summed E-state index contributed by atoms with van der Waals surface area (Å²) in [6.45, 7) is 6.29. The van der Waals surface area contributed by atoms with Crippen molar-refractivity contribution in [3.63, 3.8) is 0 Å². The fourth-order valence-corrected chi connectivity index (χ4v) is 2.26. The summed E-state index contributed by atoms with van der Waals surface area (Å²) in [7, 11) is 1.24. The second kappa shape index (κ2) is 9.66. The average Bonchev–Trinajstić information content (AvgIpc) is 2.57. The molecule has 0 saturated heterocycles. The summed E-state index contributed by atoms with van der Waals surface area (Å²) in [6, 6.07) is 3.56. The Hall–Kier alpha value is -2.45. The van der Waals surface area contributed by atoms with E-state index in [-0.39, 0.29) is 30.9 Å². The van der Waals surface area contributed by atoms with Crippen LogP contribution in [0.1, 0.15) is 45.2 Å². The molecule has 1 aromatic carbocycles. The van der Waals surface area contributed by atoms with Gasteiger partial charge in [0.25, 0.3) is 0 Å². The Kier molecular flexibility index (Phi) is 8.14. The fourth-order valence-electron chi connectivity index (χ4n) is 2.26. The van der Waals surface area contributed by atoms with Gasteiger partial charge in [-0.3, -0.25) is 4.79 Å². The molecule has 0 radical (unpaired) electrons. The smallest absolute Gasteiger partial charge is 0.419 e. The Morgan fingerprint density at radius 2 is 1.82 bits per heavy atom. The van der Waals surface area contributed by atoms with Crippen molar-refractivity contribution in [3.8, 4) is 5.75 Å². The number of carbonyl (C=O) groups is 2. The molecule has 9 heteroatoms. The minimum atomic E-state index is -4.63. The molecule has 0 aliphatic carbocycles. The Morgan fingerprint density at radius 1 is 1.18 bits per heavy atom. The predicted octanol–water partition coefficient (Wildman–Crippen LogP) is 4.31. The predicted molar refractivity (Wildman–Crippen MR) is 95.8 cm³/mol. The SMILES string of the molecule is COC(=O)C(C)CCOc1c(CNC(=O)OC(C)(C)C)cccc1C(F)(F)F. The van der Waals surface area contributed by atoms with Gasteiger partial charge in [-0.15, -0.1) is 0 Å². The molecule has 0 fully saturated rings. The second-order valence-electron chi connectivity index (χ2n) is 7.21. The van der Waals surface area contributed by atoms with Crippen LogP contribution in [0.5, 0.6) is 5.75 Å². The molecule has 1 N–H and O–H groups in total. The normalized spacial score (nSPS) is 12.9. The molecule has 1 atom stereocenters. The minimum Gasteiger partial charge on any atom is -0.493 e. The molecular weight excluding hydrogens is 379 g/mol. The topological polar surface area (TPSA) is 73.9 Å². The molecule has 0 bridgehead atoms. The number of halogens is 3. The molecule has 0 spiro atoms. The zero-order valence-corrected chi connectivity index (χ0v) is 16.6. The van der Waals surface area contributed by atoms with Gasteiger partial charge in [0.2, 0.25) is 0 Å². The molecule has 158 valence electrons. The highest BCUT2D eigenvalue weighted by Crippen LogP contribution is 2.38. The van der Waals surface area contributed by atoms with E-state index in [0.29, 0.717) is 0 Å². The lowest BCUT2D eigenvalue weighted by Gasteiger charge is -2.21. The van der Waals surface area contributed by atoms with E-state index in [1.165, 1.54) is 19.2 Å². The Morgan fingerprint density at radius 3 is 2.36 bits per heavy atom. The highest BCUT2D eigenvalue weighted by molar-refractivity contribution is 5.71. The Labute approximate surface area is 162 Å². The lowest BCUT2D eigenvalue weighted by molar-refractivity contribution is -0.145. The molecular formula is C19H26F3NO5. The summed E-state index contributed by atoms with van der Waals surface area (Å²) in [5.74, 6) is -1.38. The number of para-hydroxylation sites is 1. The molecule has 0 aliphatic heterocycles. The number of nitrogens with one attached hydrogen (secondary N) is 1. The minimum absolute atomic E-state index is 0.122. The van der Waals surface area contributed by atoms with Gasteiger partial charge in [-0.25, -0.2) is 4.79 Å². The van der Waals surface area contributed by atoms with E-state index in [0.717, 1.165) is 6.07 Å². The zero-order chi connectivity index (χ0) is 21.5. The summed E-state index contributed by atoms with van der Waals surface area (Å²) >= 11 is 0. The largest absolute Gasteiger partial charge is 0.493 e. The maximum absolute atomic E-state index is 13.4. The van der Waals surface area contributed by atoms with Crippen molar-refractivity contribution in [3.05, 3.63) is 29.3 Å². The third-order valence-electron chi connectivity index (χ3n) is 3.62. The van der Waals surface area contributed by atoms with Crippen LogP contribution in [0.2, 0.25) is 0 Å². The maximum atomic E-state index is 13.4. The maximum Gasteiger partial charge on any atom is 0.419 e. The van der Waals surface area contributed by atoms with Crippen LogP contribution in [-0.4, -0.2) is 31.4 Å². The number of amides is 1. The van der Waals surface area contributed by atoms with E-state index in [9.17, 15) is 22.8 Å². The van der Waals surface area contributed by atoms with Gasteiger partial charge in [0, 0.05) is 12.1 Å². The van der Waals surface area contributed by atoms with Crippen LogP contribution >= 0.6 is 0 Å². The van der Waals surface area contributed by atoms with Gasteiger partial charge in [-0.05, 0) is 33.3 Å². The summed E-state index contributed by atoms with van der Waals surface area (Å²) in [5.41, 5.74) is -1.55. The van der Waals surface area contributed by atoms with E-state index in [1.807, 2.05) is 0 Å². The van der Waals surface area contributed by atoms with E-state index >= 15 is 0 Å². The third-order valence-corrected chi connectivity index (χ3v) is 3.62. The molecule has 1 unspecified atom stereocenters. The van der Waals surface area contributed by atoms with Crippen molar-refractivity contribution in [2.75, 3.05) is 13.7 Å². The third kappa shape index (κ3) is 7.66. The molecule has 0 aromatic heterocycles. The van der Waals surface area contributed by atoms with Gasteiger partial charge in [0.15, 0.2) is 0 Å². The number of rotatable bonds is 7. The van der Waals surface area contributed by atoms with E-state index in [2.05, 4.69) is 10.1 Å². The van der Waals surface area contributed by atoms with Crippen LogP contribution in [0.15, 0.2) is 18.2 Å². The summed E-state index contributed by atoms with van der Waals surface area (Å²) in [6.07, 6.45) is -5.21. The van der Waals surface area contributed by atoms with Crippen molar-refractivity contribution in [1.82, 2.24) is 5.32 Å².